The fourth-order valence-corrected chi connectivity index (χ4v) is 3.19. The Morgan fingerprint density at radius 1 is 1.23 bits per heavy atom. The summed E-state index contributed by atoms with van der Waals surface area (Å²) in [5.74, 6) is -0.0159. The number of rotatable bonds is 5. The van der Waals surface area contributed by atoms with Gasteiger partial charge in [0.25, 0.3) is 0 Å². The summed E-state index contributed by atoms with van der Waals surface area (Å²) in [6, 6.07) is 0.690. The minimum absolute atomic E-state index is 0. The Morgan fingerprint density at radius 2 is 1.82 bits per heavy atom. The van der Waals surface area contributed by atoms with Crippen LogP contribution in [0.15, 0.2) is 0 Å². The highest BCUT2D eigenvalue weighted by Gasteiger charge is 2.35. The second-order valence-corrected chi connectivity index (χ2v) is 6.30. The predicted molar refractivity (Wildman–Crippen MR) is 94.0 cm³/mol. The van der Waals surface area contributed by atoms with Crippen LogP contribution in [0.3, 0.4) is 0 Å². The Labute approximate surface area is 146 Å². The number of nitrogens with one attached hydrogen (secondary N) is 1. The first-order valence-corrected chi connectivity index (χ1v) is 7.97. The minimum Gasteiger partial charge on any atom is -0.381 e. The van der Waals surface area contributed by atoms with Gasteiger partial charge < -0.3 is 20.7 Å². The average molecular weight is 356 g/mol. The van der Waals surface area contributed by atoms with Crippen LogP contribution >= 0.6 is 24.8 Å². The molecule has 0 unspecified atom stereocenters. The van der Waals surface area contributed by atoms with E-state index < -0.39 is 5.54 Å². The van der Waals surface area contributed by atoms with E-state index in [-0.39, 0.29) is 30.7 Å². The predicted octanol–water partition coefficient (Wildman–Crippen LogP) is 1.72. The summed E-state index contributed by atoms with van der Waals surface area (Å²) in [5.41, 5.74) is 5.44. The van der Waals surface area contributed by atoms with E-state index in [2.05, 4.69) is 17.3 Å². The van der Waals surface area contributed by atoms with Gasteiger partial charge in [0, 0.05) is 32.3 Å². The van der Waals surface area contributed by atoms with Crippen LogP contribution in [0.4, 0.5) is 0 Å². The molecule has 1 aliphatic carbocycles. The summed E-state index contributed by atoms with van der Waals surface area (Å²) < 4.78 is 5.27. The van der Waals surface area contributed by atoms with Crippen molar-refractivity contribution in [3.63, 3.8) is 0 Å². The van der Waals surface area contributed by atoms with E-state index in [9.17, 15) is 4.79 Å². The highest BCUT2D eigenvalue weighted by Crippen LogP contribution is 2.21. The van der Waals surface area contributed by atoms with Crippen molar-refractivity contribution in [2.24, 2.45) is 5.73 Å². The van der Waals surface area contributed by atoms with Crippen LogP contribution in [-0.4, -0.2) is 55.7 Å². The second kappa shape index (κ2) is 10.7. The van der Waals surface area contributed by atoms with Gasteiger partial charge in [-0.3, -0.25) is 4.79 Å². The van der Waals surface area contributed by atoms with Crippen LogP contribution in [0, 0.1) is 0 Å². The fourth-order valence-electron chi connectivity index (χ4n) is 3.19. The zero-order valence-electron chi connectivity index (χ0n) is 13.5. The minimum atomic E-state index is -0.721. The molecule has 1 heterocycles. The van der Waals surface area contributed by atoms with Crippen molar-refractivity contribution < 1.29 is 9.53 Å². The lowest BCUT2D eigenvalue weighted by molar-refractivity contribution is -0.129. The lowest BCUT2D eigenvalue weighted by Crippen LogP contribution is -2.57. The van der Waals surface area contributed by atoms with E-state index >= 15 is 0 Å². The number of hydrogen-bond acceptors (Lipinski definition) is 4. The number of hydrogen-bond donors (Lipinski definition) is 2. The Morgan fingerprint density at radius 3 is 2.41 bits per heavy atom. The Balaban J connectivity index is 0.00000220. The molecule has 5 nitrogen and oxygen atoms in total. The van der Waals surface area contributed by atoms with Gasteiger partial charge in [-0.1, -0.05) is 19.3 Å². The van der Waals surface area contributed by atoms with Gasteiger partial charge in [0.05, 0.1) is 5.54 Å². The number of amides is 1. The Hall–Kier alpha value is -0.0700. The molecular weight excluding hydrogens is 325 g/mol. The van der Waals surface area contributed by atoms with Gasteiger partial charge in [0.15, 0.2) is 0 Å². The molecule has 0 radical (unpaired) electrons. The van der Waals surface area contributed by atoms with E-state index in [0.29, 0.717) is 38.6 Å². The molecule has 0 atom stereocenters. The number of carbonyl (C=O) groups excluding carboxylic acids is 1. The van der Waals surface area contributed by atoms with Crippen molar-refractivity contribution in [1.29, 1.82) is 0 Å². The molecule has 1 saturated heterocycles. The largest absolute Gasteiger partial charge is 0.381 e. The number of nitrogens with two attached hydrogens (primary N) is 1. The van der Waals surface area contributed by atoms with Gasteiger partial charge in [-0.15, -0.1) is 24.8 Å². The lowest BCUT2D eigenvalue weighted by atomic mass is 9.90. The average Bonchev–Trinajstić information content (AvgIpc) is 2.48. The SMILES string of the molecule is CN(CCNC(=O)C1(N)CCOCC1)C1CCCCC1.Cl.Cl. The molecule has 2 fully saturated rings. The fraction of sp³-hybridized carbons (Fsp3) is 0.933. The van der Waals surface area contributed by atoms with E-state index in [0.717, 1.165) is 6.54 Å². The highest BCUT2D eigenvalue weighted by atomic mass is 35.5. The summed E-state index contributed by atoms with van der Waals surface area (Å²) in [6.45, 7) is 2.77. The molecule has 22 heavy (non-hydrogen) atoms. The van der Waals surface area contributed by atoms with Crippen molar-refractivity contribution in [2.45, 2.75) is 56.5 Å². The number of likely N-dealkylation sites (N-methyl/N-ethyl adjacent to an activating group) is 1. The van der Waals surface area contributed by atoms with Crippen molar-refractivity contribution in [3.05, 3.63) is 0 Å². The molecule has 1 saturated carbocycles. The van der Waals surface area contributed by atoms with Crippen molar-refractivity contribution in [3.8, 4) is 0 Å². The first-order chi connectivity index (χ1) is 9.62. The molecule has 0 aromatic heterocycles. The first kappa shape index (κ1) is 21.9. The summed E-state index contributed by atoms with van der Waals surface area (Å²) in [4.78, 5) is 14.5. The molecule has 1 amide bonds. The molecule has 1 aliphatic heterocycles. The van der Waals surface area contributed by atoms with Crippen molar-refractivity contribution >= 4 is 30.7 Å². The maximum absolute atomic E-state index is 12.2. The summed E-state index contributed by atoms with van der Waals surface area (Å²) >= 11 is 0. The van der Waals surface area contributed by atoms with Crippen molar-refractivity contribution in [1.82, 2.24) is 10.2 Å². The number of ether oxygens (including phenoxy) is 1. The normalized spacial score (nSPS) is 21.6. The van der Waals surface area contributed by atoms with Gasteiger partial charge in [-0.2, -0.15) is 0 Å². The molecule has 132 valence electrons. The van der Waals surface area contributed by atoms with Crippen LogP contribution in [0.5, 0.6) is 0 Å². The molecule has 7 heteroatoms. The topological polar surface area (TPSA) is 67.6 Å². The van der Waals surface area contributed by atoms with Crippen LogP contribution in [0.1, 0.15) is 44.9 Å². The standard InChI is InChI=1S/C15H29N3O2.2ClH/c1-18(13-5-3-2-4-6-13)10-9-17-14(19)15(16)7-11-20-12-8-15;;/h13H,2-12,16H2,1H3,(H,17,19);2*1H. The molecule has 0 aromatic rings. The van der Waals surface area contributed by atoms with E-state index in [1.807, 2.05) is 0 Å². The van der Waals surface area contributed by atoms with Gasteiger partial charge in [-0.25, -0.2) is 0 Å². The molecular formula is C15H31Cl2N3O2. The summed E-state index contributed by atoms with van der Waals surface area (Å²) in [6.07, 6.45) is 7.89. The van der Waals surface area contributed by atoms with E-state index in [1.54, 1.807) is 0 Å². The molecule has 0 bridgehead atoms. The third kappa shape index (κ3) is 6.20. The zero-order valence-corrected chi connectivity index (χ0v) is 15.1. The highest BCUT2D eigenvalue weighted by molar-refractivity contribution is 5.86. The van der Waals surface area contributed by atoms with Crippen LogP contribution in [0.25, 0.3) is 0 Å². The molecule has 0 aromatic carbocycles. The zero-order chi connectivity index (χ0) is 14.4. The lowest BCUT2D eigenvalue weighted by Gasteiger charge is -2.33. The van der Waals surface area contributed by atoms with Crippen LogP contribution in [-0.2, 0) is 9.53 Å². The van der Waals surface area contributed by atoms with Gasteiger partial charge >= 0.3 is 0 Å². The van der Waals surface area contributed by atoms with E-state index in [4.69, 9.17) is 10.5 Å². The number of nitrogens with zero attached hydrogens (tertiary/aromatic N) is 1. The first-order valence-electron chi connectivity index (χ1n) is 7.97. The van der Waals surface area contributed by atoms with Crippen LogP contribution < -0.4 is 11.1 Å². The van der Waals surface area contributed by atoms with Gasteiger partial charge in [0.2, 0.25) is 5.91 Å². The Bertz CT molecular complexity index is 320. The van der Waals surface area contributed by atoms with Gasteiger partial charge in [-0.05, 0) is 32.7 Å². The second-order valence-electron chi connectivity index (χ2n) is 6.30. The molecule has 2 aliphatic rings. The van der Waals surface area contributed by atoms with Crippen LogP contribution in [0.2, 0.25) is 0 Å². The number of halogens is 2. The molecule has 0 spiro atoms. The summed E-state index contributed by atoms with van der Waals surface area (Å²) in [5, 5.41) is 3.00. The van der Waals surface area contributed by atoms with E-state index in [1.165, 1.54) is 32.1 Å². The third-order valence-electron chi connectivity index (χ3n) is 4.79. The quantitative estimate of drug-likeness (QED) is 0.787. The Kier molecular flexibility index (Phi) is 10.6. The third-order valence-corrected chi connectivity index (χ3v) is 4.79. The smallest absolute Gasteiger partial charge is 0.240 e. The summed E-state index contributed by atoms with van der Waals surface area (Å²) in [7, 11) is 2.16. The maximum atomic E-state index is 12.2. The van der Waals surface area contributed by atoms with Crippen molar-refractivity contribution in [2.75, 3.05) is 33.4 Å². The molecule has 2 rings (SSSR count). The monoisotopic (exact) mass is 355 g/mol. The number of carbonyl (C=O) groups is 1. The van der Waals surface area contributed by atoms with Gasteiger partial charge in [0.1, 0.15) is 0 Å². The molecule has 3 N–H and O–H groups in total. The maximum Gasteiger partial charge on any atom is 0.240 e.